The molecule has 0 saturated heterocycles. The van der Waals surface area contributed by atoms with E-state index in [-0.39, 0.29) is 18.0 Å². The molecule has 0 radical (unpaired) electrons. The summed E-state index contributed by atoms with van der Waals surface area (Å²) in [7, 11) is 0. The quantitative estimate of drug-likeness (QED) is 0.797. The third-order valence-electron chi connectivity index (χ3n) is 2.92. The van der Waals surface area contributed by atoms with Gasteiger partial charge in [-0.3, -0.25) is 9.78 Å². The zero-order valence-electron chi connectivity index (χ0n) is 10.5. The number of carbonyl (C=O) groups is 1. The fourth-order valence-electron chi connectivity index (χ4n) is 1.92. The number of halogens is 2. The molecule has 0 amide bonds. The van der Waals surface area contributed by atoms with Crippen LogP contribution in [0.1, 0.15) is 28.5 Å². The summed E-state index contributed by atoms with van der Waals surface area (Å²) in [6, 6.07) is 8.40. The van der Waals surface area contributed by atoms with Gasteiger partial charge in [0.05, 0.1) is 4.47 Å². The van der Waals surface area contributed by atoms with Crippen LogP contribution in [0.4, 0.5) is 4.39 Å². The lowest BCUT2D eigenvalue weighted by molar-refractivity contribution is 0.0987. The van der Waals surface area contributed by atoms with Gasteiger partial charge in [0.25, 0.3) is 0 Å². The smallest absolute Gasteiger partial charge is 0.185 e. The normalized spacial score (nSPS) is 10.5. The Morgan fingerprint density at radius 2 is 2.00 bits per heavy atom. The Morgan fingerprint density at radius 1 is 1.26 bits per heavy atom. The van der Waals surface area contributed by atoms with Crippen molar-refractivity contribution >= 4 is 21.7 Å². The van der Waals surface area contributed by atoms with Gasteiger partial charge in [-0.15, -0.1) is 0 Å². The van der Waals surface area contributed by atoms with Gasteiger partial charge >= 0.3 is 0 Å². The van der Waals surface area contributed by atoms with Gasteiger partial charge in [-0.05, 0) is 45.6 Å². The Labute approximate surface area is 119 Å². The molecular formula is C15H13BrFNO. The van der Waals surface area contributed by atoms with Crippen molar-refractivity contribution in [1.29, 1.82) is 0 Å². The van der Waals surface area contributed by atoms with Gasteiger partial charge in [0, 0.05) is 12.6 Å². The minimum absolute atomic E-state index is 0.0937. The fraction of sp³-hybridized carbons (Fsp3) is 0.200. The summed E-state index contributed by atoms with van der Waals surface area (Å²) in [6.45, 7) is 1.98. The van der Waals surface area contributed by atoms with E-state index >= 15 is 0 Å². The molecule has 2 aromatic rings. The van der Waals surface area contributed by atoms with Crippen LogP contribution >= 0.6 is 15.9 Å². The molecule has 19 heavy (non-hydrogen) atoms. The third-order valence-corrected chi connectivity index (χ3v) is 3.81. The van der Waals surface area contributed by atoms with E-state index in [1.54, 1.807) is 18.3 Å². The van der Waals surface area contributed by atoms with Crippen molar-refractivity contribution in [3.05, 3.63) is 63.6 Å². The number of pyridine rings is 1. The molecule has 0 unspecified atom stereocenters. The van der Waals surface area contributed by atoms with Crippen LogP contribution < -0.4 is 0 Å². The van der Waals surface area contributed by atoms with Crippen LogP contribution in [0, 0.1) is 5.82 Å². The third kappa shape index (κ3) is 3.07. The molecule has 4 heteroatoms. The Bertz CT molecular complexity index is 613. The van der Waals surface area contributed by atoms with E-state index in [9.17, 15) is 9.18 Å². The van der Waals surface area contributed by atoms with Gasteiger partial charge in [-0.2, -0.15) is 0 Å². The number of rotatable bonds is 4. The first-order valence-corrected chi connectivity index (χ1v) is 6.82. The molecule has 0 saturated carbocycles. The lowest BCUT2D eigenvalue weighted by Gasteiger charge is -2.07. The summed E-state index contributed by atoms with van der Waals surface area (Å²) in [5, 5.41) is 0. The number of carbonyl (C=O) groups excluding carboxylic acids is 1. The largest absolute Gasteiger partial charge is 0.292 e. The molecule has 1 aromatic heterocycles. The van der Waals surface area contributed by atoms with Crippen molar-refractivity contribution in [2.24, 2.45) is 0 Å². The maximum absolute atomic E-state index is 13.4. The molecule has 0 spiro atoms. The van der Waals surface area contributed by atoms with E-state index in [0.29, 0.717) is 15.7 Å². The van der Waals surface area contributed by atoms with Crippen LogP contribution in [0.5, 0.6) is 0 Å². The lowest BCUT2D eigenvalue weighted by atomic mass is 10.0. The Kier molecular flexibility index (Phi) is 4.43. The van der Waals surface area contributed by atoms with Crippen molar-refractivity contribution < 1.29 is 9.18 Å². The monoisotopic (exact) mass is 321 g/mol. The maximum Gasteiger partial charge on any atom is 0.185 e. The number of hydrogen-bond donors (Lipinski definition) is 0. The molecule has 0 bridgehead atoms. The second-order valence-corrected chi connectivity index (χ2v) is 4.97. The van der Waals surface area contributed by atoms with E-state index < -0.39 is 0 Å². The standard InChI is InChI=1S/C15H13BrFNO/c1-2-10-6-4-8-18-15(10)13(19)9-11-5-3-7-12(17)14(11)16/h3-8H,2,9H2,1H3. The van der Waals surface area contributed by atoms with E-state index in [1.165, 1.54) is 6.07 Å². The number of hydrogen-bond acceptors (Lipinski definition) is 2. The second kappa shape index (κ2) is 6.06. The van der Waals surface area contributed by atoms with Gasteiger partial charge in [-0.25, -0.2) is 4.39 Å². The van der Waals surface area contributed by atoms with Crippen molar-refractivity contribution in [2.45, 2.75) is 19.8 Å². The zero-order valence-corrected chi connectivity index (χ0v) is 12.1. The van der Waals surface area contributed by atoms with Crippen LogP contribution in [0.3, 0.4) is 0 Å². The lowest BCUT2D eigenvalue weighted by Crippen LogP contribution is -2.10. The molecule has 0 aliphatic heterocycles. The zero-order chi connectivity index (χ0) is 13.8. The van der Waals surface area contributed by atoms with Crippen LogP contribution in [-0.2, 0) is 12.8 Å². The molecule has 98 valence electrons. The highest BCUT2D eigenvalue weighted by Crippen LogP contribution is 2.22. The van der Waals surface area contributed by atoms with Crippen molar-refractivity contribution in [3.63, 3.8) is 0 Å². The number of Topliss-reactive ketones (excluding diaryl/α,β-unsaturated/α-hetero) is 1. The van der Waals surface area contributed by atoms with Crippen LogP contribution in [0.25, 0.3) is 0 Å². The maximum atomic E-state index is 13.4. The van der Waals surface area contributed by atoms with Crippen molar-refractivity contribution in [1.82, 2.24) is 4.98 Å². The predicted molar refractivity (Wildman–Crippen MR) is 75.7 cm³/mol. The van der Waals surface area contributed by atoms with Gasteiger partial charge < -0.3 is 0 Å². The predicted octanol–water partition coefficient (Wildman–Crippen LogP) is 3.97. The molecule has 2 nitrogen and oxygen atoms in total. The average Bonchev–Trinajstić information content (AvgIpc) is 2.43. The molecule has 0 aliphatic carbocycles. The molecular weight excluding hydrogens is 309 g/mol. The van der Waals surface area contributed by atoms with Gasteiger partial charge in [-0.1, -0.05) is 25.1 Å². The van der Waals surface area contributed by atoms with Crippen LogP contribution in [0.15, 0.2) is 41.0 Å². The van der Waals surface area contributed by atoms with Crippen molar-refractivity contribution in [3.8, 4) is 0 Å². The summed E-state index contributed by atoms with van der Waals surface area (Å²) in [6.07, 6.45) is 2.49. The highest BCUT2D eigenvalue weighted by atomic mass is 79.9. The number of aryl methyl sites for hydroxylation is 1. The summed E-state index contributed by atoms with van der Waals surface area (Å²) < 4.78 is 13.7. The fourth-order valence-corrected chi connectivity index (χ4v) is 2.32. The topological polar surface area (TPSA) is 30.0 Å². The molecule has 0 N–H and O–H groups in total. The molecule has 0 fully saturated rings. The Hall–Kier alpha value is -1.55. The van der Waals surface area contributed by atoms with E-state index in [4.69, 9.17) is 0 Å². The van der Waals surface area contributed by atoms with E-state index in [1.807, 2.05) is 19.1 Å². The molecule has 0 aliphatic rings. The minimum atomic E-state index is -0.359. The minimum Gasteiger partial charge on any atom is -0.292 e. The van der Waals surface area contributed by atoms with Crippen LogP contribution in [0.2, 0.25) is 0 Å². The molecule has 1 heterocycles. The first-order chi connectivity index (χ1) is 9.13. The Balaban J connectivity index is 2.28. The summed E-state index contributed by atoms with van der Waals surface area (Å²) in [4.78, 5) is 16.4. The first-order valence-electron chi connectivity index (χ1n) is 6.03. The van der Waals surface area contributed by atoms with Gasteiger partial charge in [0.1, 0.15) is 11.5 Å². The van der Waals surface area contributed by atoms with Crippen molar-refractivity contribution in [2.75, 3.05) is 0 Å². The van der Waals surface area contributed by atoms with E-state index in [2.05, 4.69) is 20.9 Å². The number of benzene rings is 1. The number of aromatic nitrogens is 1. The van der Waals surface area contributed by atoms with Gasteiger partial charge in [0.2, 0.25) is 0 Å². The number of nitrogens with zero attached hydrogens (tertiary/aromatic N) is 1. The highest BCUT2D eigenvalue weighted by Gasteiger charge is 2.15. The SMILES string of the molecule is CCc1cccnc1C(=O)Cc1cccc(F)c1Br. The molecule has 1 aromatic carbocycles. The second-order valence-electron chi connectivity index (χ2n) is 4.18. The van der Waals surface area contributed by atoms with Gasteiger partial charge in [0.15, 0.2) is 5.78 Å². The first kappa shape index (κ1) is 13.9. The molecule has 0 atom stereocenters. The summed E-state index contributed by atoms with van der Waals surface area (Å²) >= 11 is 3.17. The number of ketones is 1. The summed E-state index contributed by atoms with van der Waals surface area (Å²) in [5.74, 6) is -0.453. The Morgan fingerprint density at radius 3 is 2.74 bits per heavy atom. The average molecular weight is 322 g/mol. The van der Waals surface area contributed by atoms with E-state index in [0.717, 1.165) is 12.0 Å². The van der Waals surface area contributed by atoms with Crippen LogP contribution in [-0.4, -0.2) is 10.8 Å². The highest BCUT2D eigenvalue weighted by molar-refractivity contribution is 9.10. The summed E-state index contributed by atoms with van der Waals surface area (Å²) in [5.41, 5.74) is 2.03. The molecule has 2 rings (SSSR count).